The molecule has 1 heterocycles. The number of nitrogens with one attached hydrogen (secondary N) is 2. The maximum Gasteiger partial charge on any atom is 0.261 e. The molecule has 12 heteroatoms. The number of primary sulfonamides is 1. The summed E-state index contributed by atoms with van der Waals surface area (Å²) in [5.41, 5.74) is 0.980. The predicted molar refractivity (Wildman–Crippen MR) is 104 cm³/mol. The summed E-state index contributed by atoms with van der Waals surface area (Å²) in [7, 11) is -7.86. The molecule has 0 unspecified atom stereocenters. The average Bonchev–Trinajstić information content (AvgIpc) is 3.09. The summed E-state index contributed by atoms with van der Waals surface area (Å²) in [6.07, 6.45) is 1.30. The van der Waals surface area contributed by atoms with E-state index in [9.17, 15) is 21.6 Å². The van der Waals surface area contributed by atoms with Crippen molar-refractivity contribution in [3.8, 4) is 0 Å². The molecule has 0 atom stereocenters. The van der Waals surface area contributed by atoms with Crippen LogP contribution in [0.15, 0.2) is 69.0 Å². The third kappa shape index (κ3) is 4.80. The van der Waals surface area contributed by atoms with Crippen LogP contribution in [0.5, 0.6) is 0 Å². The van der Waals surface area contributed by atoms with Gasteiger partial charge in [-0.15, -0.1) is 0 Å². The van der Waals surface area contributed by atoms with Crippen molar-refractivity contribution in [1.29, 1.82) is 0 Å². The fourth-order valence-electron chi connectivity index (χ4n) is 2.36. The van der Waals surface area contributed by atoms with E-state index >= 15 is 0 Å². The lowest BCUT2D eigenvalue weighted by Gasteiger charge is -2.10. The molecule has 152 valence electrons. The molecule has 29 heavy (non-hydrogen) atoms. The zero-order valence-electron chi connectivity index (χ0n) is 15.0. The van der Waals surface area contributed by atoms with Gasteiger partial charge < -0.3 is 9.84 Å². The molecule has 0 bridgehead atoms. The van der Waals surface area contributed by atoms with Crippen molar-refractivity contribution < 1.29 is 26.2 Å². The number of sulfonamides is 2. The lowest BCUT2D eigenvalue weighted by atomic mass is 10.2. The van der Waals surface area contributed by atoms with Crippen LogP contribution in [0.4, 0.5) is 11.4 Å². The van der Waals surface area contributed by atoms with E-state index in [1.165, 1.54) is 30.5 Å². The first-order valence-corrected chi connectivity index (χ1v) is 11.1. The number of carbonyl (C=O) groups is 1. The minimum Gasteiger partial charge on any atom is -0.361 e. The monoisotopic (exact) mass is 436 g/mol. The van der Waals surface area contributed by atoms with E-state index in [-0.39, 0.29) is 21.0 Å². The van der Waals surface area contributed by atoms with Gasteiger partial charge in [-0.2, -0.15) is 0 Å². The van der Waals surface area contributed by atoms with Crippen molar-refractivity contribution in [2.45, 2.75) is 16.7 Å². The van der Waals surface area contributed by atoms with Gasteiger partial charge in [-0.25, -0.2) is 22.0 Å². The first-order valence-electron chi connectivity index (χ1n) is 8.05. The highest BCUT2D eigenvalue weighted by Crippen LogP contribution is 2.20. The second-order valence-electron chi connectivity index (χ2n) is 5.95. The van der Waals surface area contributed by atoms with Gasteiger partial charge in [-0.05, 0) is 55.5 Å². The molecule has 0 aliphatic heterocycles. The average molecular weight is 436 g/mol. The second-order valence-corrected chi connectivity index (χ2v) is 9.19. The molecule has 0 aliphatic rings. The number of aromatic nitrogens is 1. The highest BCUT2D eigenvalue weighted by Gasteiger charge is 2.17. The number of benzene rings is 2. The van der Waals surface area contributed by atoms with Crippen LogP contribution in [0.1, 0.15) is 16.1 Å². The van der Waals surface area contributed by atoms with Gasteiger partial charge in [0.1, 0.15) is 11.3 Å². The summed E-state index contributed by atoms with van der Waals surface area (Å²) < 4.78 is 54.6. The minimum absolute atomic E-state index is 0.134. The van der Waals surface area contributed by atoms with Gasteiger partial charge in [0.25, 0.3) is 15.9 Å². The van der Waals surface area contributed by atoms with Crippen molar-refractivity contribution in [2.24, 2.45) is 5.14 Å². The molecule has 0 saturated heterocycles. The maximum atomic E-state index is 12.4. The molecular formula is C17H16N4O6S2. The highest BCUT2D eigenvalue weighted by atomic mass is 32.2. The second kappa shape index (κ2) is 7.66. The molecular weight excluding hydrogens is 420 g/mol. The van der Waals surface area contributed by atoms with Crippen molar-refractivity contribution in [2.75, 3.05) is 10.0 Å². The van der Waals surface area contributed by atoms with Gasteiger partial charge in [0.05, 0.1) is 16.0 Å². The van der Waals surface area contributed by atoms with E-state index < -0.39 is 26.0 Å². The lowest BCUT2D eigenvalue weighted by Crippen LogP contribution is -2.15. The van der Waals surface area contributed by atoms with E-state index in [4.69, 9.17) is 9.66 Å². The molecule has 0 saturated carbocycles. The summed E-state index contributed by atoms with van der Waals surface area (Å²) in [4.78, 5) is 11.8. The van der Waals surface area contributed by atoms with Crippen LogP contribution in [0, 0.1) is 6.92 Å². The standard InChI is InChI=1S/C17H16N4O6S2/c1-11-16(10-19-27-11)17(22)20-12-2-4-13(5-3-12)21-29(25,26)15-8-6-14(7-9-15)28(18,23)24/h2-10,21H,1H3,(H,20,22)(H2,18,23,24). The molecule has 3 aromatic rings. The third-order valence-corrected chi connectivity index (χ3v) is 6.18. The van der Waals surface area contributed by atoms with Crippen LogP contribution >= 0.6 is 0 Å². The van der Waals surface area contributed by atoms with Crippen LogP contribution in [0.3, 0.4) is 0 Å². The Labute approximate surface area is 166 Å². The number of rotatable bonds is 6. The van der Waals surface area contributed by atoms with Crippen LogP contribution in [-0.2, 0) is 20.0 Å². The smallest absolute Gasteiger partial charge is 0.261 e. The fourth-order valence-corrected chi connectivity index (χ4v) is 3.93. The summed E-state index contributed by atoms with van der Waals surface area (Å²) in [6, 6.07) is 10.4. The molecule has 0 spiro atoms. The third-order valence-electron chi connectivity index (χ3n) is 3.85. The zero-order valence-corrected chi connectivity index (χ0v) is 16.6. The van der Waals surface area contributed by atoms with Gasteiger partial charge >= 0.3 is 0 Å². The van der Waals surface area contributed by atoms with E-state index in [0.29, 0.717) is 11.4 Å². The number of nitrogens with two attached hydrogens (primary N) is 1. The Balaban J connectivity index is 1.71. The van der Waals surface area contributed by atoms with Crippen LogP contribution in [0.25, 0.3) is 0 Å². The fraction of sp³-hybridized carbons (Fsp3) is 0.0588. The molecule has 3 rings (SSSR count). The topological polar surface area (TPSA) is 161 Å². The molecule has 1 amide bonds. The van der Waals surface area contributed by atoms with Gasteiger partial charge in [0.2, 0.25) is 10.0 Å². The van der Waals surface area contributed by atoms with E-state index in [2.05, 4.69) is 15.2 Å². The summed E-state index contributed by atoms with van der Waals surface area (Å²) >= 11 is 0. The molecule has 10 nitrogen and oxygen atoms in total. The number of carbonyl (C=O) groups excluding carboxylic acids is 1. The molecule has 0 aliphatic carbocycles. The Bertz CT molecular complexity index is 1250. The Morgan fingerprint density at radius 3 is 2.00 bits per heavy atom. The number of amides is 1. The Hall–Kier alpha value is -3.22. The van der Waals surface area contributed by atoms with Gasteiger partial charge in [0.15, 0.2) is 0 Å². The predicted octanol–water partition coefficient (Wildman–Crippen LogP) is 1.68. The summed E-state index contributed by atoms with van der Waals surface area (Å²) in [6.45, 7) is 1.61. The molecule has 2 aromatic carbocycles. The van der Waals surface area contributed by atoms with Crippen LogP contribution in [-0.4, -0.2) is 27.9 Å². The highest BCUT2D eigenvalue weighted by molar-refractivity contribution is 7.92. The Morgan fingerprint density at radius 2 is 1.48 bits per heavy atom. The maximum absolute atomic E-state index is 12.4. The van der Waals surface area contributed by atoms with Gasteiger partial charge in [-0.3, -0.25) is 9.52 Å². The van der Waals surface area contributed by atoms with E-state index in [1.807, 2.05) is 0 Å². The number of nitrogens with zero attached hydrogens (tertiary/aromatic N) is 1. The first-order chi connectivity index (χ1) is 13.6. The summed E-state index contributed by atoms with van der Waals surface area (Å²) in [5.74, 6) is -0.0349. The van der Waals surface area contributed by atoms with E-state index in [1.54, 1.807) is 6.92 Å². The number of hydrogen-bond acceptors (Lipinski definition) is 7. The number of anilines is 2. The molecule has 0 radical (unpaired) electrons. The first kappa shape index (κ1) is 20.5. The van der Waals surface area contributed by atoms with Crippen LogP contribution in [0.2, 0.25) is 0 Å². The lowest BCUT2D eigenvalue weighted by molar-refractivity contribution is 0.102. The molecule has 0 fully saturated rings. The van der Waals surface area contributed by atoms with Crippen LogP contribution < -0.4 is 15.2 Å². The molecule has 4 N–H and O–H groups in total. The Morgan fingerprint density at radius 1 is 0.931 bits per heavy atom. The minimum atomic E-state index is -3.95. The van der Waals surface area contributed by atoms with Crippen molar-refractivity contribution in [3.05, 3.63) is 66.1 Å². The zero-order chi connectivity index (χ0) is 21.2. The quantitative estimate of drug-likeness (QED) is 0.529. The molecule has 1 aromatic heterocycles. The largest absolute Gasteiger partial charge is 0.361 e. The normalized spacial score (nSPS) is 11.8. The summed E-state index contributed by atoms with van der Waals surface area (Å²) in [5, 5.41) is 11.2. The van der Waals surface area contributed by atoms with Crippen molar-refractivity contribution in [1.82, 2.24) is 5.16 Å². The van der Waals surface area contributed by atoms with Gasteiger partial charge in [-0.1, -0.05) is 5.16 Å². The van der Waals surface area contributed by atoms with Gasteiger partial charge in [0, 0.05) is 11.4 Å². The van der Waals surface area contributed by atoms with Crippen molar-refractivity contribution in [3.63, 3.8) is 0 Å². The Kier molecular flexibility index (Phi) is 5.42. The van der Waals surface area contributed by atoms with E-state index in [0.717, 1.165) is 24.3 Å². The van der Waals surface area contributed by atoms with Crippen molar-refractivity contribution >= 4 is 37.3 Å². The SMILES string of the molecule is Cc1oncc1C(=O)Nc1ccc(NS(=O)(=O)c2ccc(S(N)(=O)=O)cc2)cc1. The number of aryl methyl sites for hydroxylation is 1. The number of hydrogen-bond donors (Lipinski definition) is 3.